The Labute approximate surface area is 120 Å². The molecule has 0 amide bonds. The molecule has 0 spiro atoms. The van der Waals surface area contributed by atoms with Gasteiger partial charge < -0.3 is 10.3 Å². The van der Waals surface area contributed by atoms with E-state index in [4.69, 9.17) is 15.2 Å². The van der Waals surface area contributed by atoms with E-state index in [0.717, 1.165) is 24.1 Å². The zero-order valence-corrected chi connectivity index (χ0v) is 12.6. The van der Waals surface area contributed by atoms with Gasteiger partial charge in [-0.05, 0) is 62.2 Å². The largest absolute Gasteiger partial charge is 0.339 e. The summed E-state index contributed by atoms with van der Waals surface area (Å²) in [5.41, 5.74) is 6.71. The van der Waals surface area contributed by atoms with Gasteiger partial charge in [0.15, 0.2) is 5.82 Å². The summed E-state index contributed by atoms with van der Waals surface area (Å²) in [5.74, 6) is 3.33. The van der Waals surface area contributed by atoms with Gasteiger partial charge in [-0.3, -0.25) is 0 Å². The molecule has 4 saturated carbocycles. The Balaban J connectivity index is 1.69. The minimum absolute atomic E-state index is 0.0861. The predicted octanol–water partition coefficient (Wildman–Crippen LogP) is 3.34. The molecule has 4 aliphatic carbocycles. The average molecular weight is 275 g/mol. The molecule has 4 fully saturated rings. The normalized spacial score (nSPS) is 44.0. The van der Waals surface area contributed by atoms with Crippen LogP contribution >= 0.6 is 0 Å². The first-order chi connectivity index (χ1) is 9.52. The van der Waals surface area contributed by atoms with Crippen molar-refractivity contribution in [3.05, 3.63) is 11.7 Å². The molecule has 2 N–H and O–H groups in total. The van der Waals surface area contributed by atoms with E-state index in [2.05, 4.69) is 19.0 Å². The fourth-order valence-electron chi connectivity index (χ4n) is 5.75. The Morgan fingerprint density at radius 1 is 1.30 bits per heavy atom. The van der Waals surface area contributed by atoms with E-state index >= 15 is 0 Å². The monoisotopic (exact) mass is 275 g/mol. The highest BCUT2D eigenvalue weighted by atomic mass is 16.5. The van der Waals surface area contributed by atoms with Crippen LogP contribution in [-0.2, 0) is 5.41 Å². The van der Waals surface area contributed by atoms with Crippen LogP contribution in [-0.4, -0.2) is 10.1 Å². The van der Waals surface area contributed by atoms with Gasteiger partial charge in [-0.2, -0.15) is 4.98 Å². The molecule has 20 heavy (non-hydrogen) atoms. The Bertz CT molecular complexity index is 510. The number of hydrogen-bond acceptors (Lipinski definition) is 4. The second-order valence-electron chi connectivity index (χ2n) is 8.02. The van der Waals surface area contributed by atoms with E-state index in [-0.39, 0.29) is 11.5 Å². The Hall–Kier alpha value is -0.900. The van der Waals surface area contributed by atoms with Gasteiger partial charge in [0.2, 0.25) is 5.89 Å². The molecule has 4 nitrogen and oxygen atoms in total. The summed E-state index contributed by atoms with van der Waals surface area (Å²) in [5, 5.41) is 4.16. The van der Waals surface area contributed by atoms with Gasteiger partial charge >= 0.3 is 0 Å². The number of nitrogens with zero attached hydrogens (tertiary/aromatic N) is 2. The topological polar surface area (TPSA) is 64.9 Å². The second-order valence-corrected chi connectivity index (χ2v) is 8.02. The van der Waals surface area contributed by atoms with Crippen molar-refractivity contribution in [2.24, 2.45) is 23.0 Å². The van der Waals surface area contributed by atoms with E-state index in [1.165, 1.54) is 38.5 Å². The Morgan fingerprint density at radius 2 is 2.00 bits per heavy atom. The van der Waals surface area contributed by atoms with Crippen molar-refractivity contribution in [1.82, 2.24) is 10.1 Å². The van der Waals surface area contributed by atoms with Crippen molar-refractivity contribution in [3.8, 4) is 0 Å². The van der Waals surface area contributed by atoms with Crippen molar-refractivity contribution in [2.75, 3.05) is 0 Å². The third kappa shape index (κ3) is 1.77. The molecule has 4 bridgehead atoms. The molecule has 1 aromatic rings. The molecular weight excluding hydrogens is 250 g/mol. The predicted molar refractivity (Wildman–Crippen MR) is 76.0 cm³/mol. The van der Waals surface area contributed by atoms with Gasteiger partial charge in [-0.15, -0.1) is 0 Å². The number of hydrogen-bond donors (Lipinski definition) is 1. The molecule has 3 unspecified atom stereocenters. The SMILES string of the molecule is CCC(N)c1noc(C23CC4CC(CC(C)(C4)C2)C3)n1. The molecule has 4 aliphatic rings. The van der Waals surface area contributed by atoms with Crippen LogP contribution in [0.25, 0.3) is 0 Å². The van der Waals surface area contributed by atoms with Crippen LogP contribution in [0.15, 0.2) is 4.52 Å². The van der Waals surface area contributed by atoms with Gasteiger partial charge in [0.05, 0.1) is 11.5 Å². The highest BCUT2D eigenvalue weighted by Gasteiger charge is 2.58. The van der Waals surface area contributed by atoms with Crippen LogP contribution in [0.3, 0.4) is 0 Å². The highest BCUT2D eigenvalue weighted by molar-refractivity contribution is 5.18. The molecule has 4 heteroatoms. The van der Waals surface area contributed by atoms with Crippen LogP contribution in [0.1, 0.15) is 76.6 Å². The van der Waals surface area contributed by atoms with Gasteiger partial charge in [-0.25, -0.2) is 0 Å². The lowest BCUT2D eigenvalue weighted by atomic mass is 9.44. The summed E-state index contributed by atoms with van der Waals surface area (Å²) in [6, 6.07) is -0.0861. The lowest BCUT2D eigenvalue weighted by molar-refractivity contribution is -0.0724. The van der Waals surface area contributed by atoms with Gasteiger partial charge in [0, 0.05) is 0 Å². The molecule has 0 aliphatic heterocycles. The van der Waals surface area contributed by atoms with Crippen LogP contribution in [0.5, 0.6) is 0 Å². The van der Waals surface area contributed by atoms with E-state index in [1.807, 2.05) is 0 Å². The summed E-state index contributed by atoms with van der Waals surface area (Å²) in [7, 11) is 0. The molecule has 0 radical (unpaired) electrons. The van der Waals surface area contributed by atoms with Crippen molar-refractivity contribution >= 4 is 0 Å². The summed E-state index contributed by atoms with van der Waals surface area (Å²) < 4.78 is 5.68. The average Bonchev–Trinajstić information content (AvgIpc) is 2.85. The zero-order chi connectivity index (χ0) is 14.0. The van der Waals surface area contributed by atoms with Crippen LogP contribution in [0, 0.1) is 17.3 Å². The fraction of sp³-hybridized carbons (Fsp3) is 0.875. The van der Waals surface area contributed by atoms with E-state index < -0.39 is 0 Å². The maximum atomic E-state index is 6.04. The molecule has 110 valence electrons. The summed E-state index contributed by atoms with van der Waals surface area (Å²) in [6.45, 7) is 4.53. The first-order valence-electron chi connectivity index (χ1n) is 8.12. The van der Waals surface area contributed by atoms with Crippen LogP contribution in [0.2, 0.25) is 0 Å². The Kier molecular flexibility index (Phi) is 2.60. The minimum Gasteiger partial charge on any atom is -0.339 e. The molecular formula is C16H25N3O. The molecule has 1 heterocycles. The number of aromatic nitrogens is 2. The van der Waals surface area contributed by atoms with Crippen LogP contribution in [0.4, 0.5) is 0 Å². The van der Waals surface area contributed by atoms with Crippen LogP contribution < -0.4 is 5.73 Å². The van der Waals surface area contributed by atoms with Gasteiger partial charge in [0.25, 0.3) is 0 Å². The molecule has 1 aromatic heterocycles. The molecule has 3 atom stereocenters. The van der Waals surface area contributed by atoms with Gasteiger partial charge in [-0.1, -0.05) is 19.0 Å². The first kappa shape index (κ1) is 12.8. The minimum atomic E-state index is -0.0861. The smallest absolute Gasteiger partial charge is 0.232 e. The van der Waals surface area contributed by atoms with Crippen molar-refractivity contribution in [2.45, 2.75) is 70.3 Å². The zero-order valence-electron chi connectivity index (χ0n) is 12.6. The quantitative estimate of drug-likeness (QED) is 0.918. The third-order valence-electron chi connectivity index (χ3n) is 6.02. The molecule has 5 rings (SSSR count). The maximum absolute atomic E-state index is 6.04. The van der Waals surface area contributed by atoms with E-state index in [0.29, 0.717) is 11.2 Å². The summed E-state index contributed by atoms with van der Waals surface area (Å²) in [6.07, 6.45) is 8.82. The fourth-order valence-corrected chi connectivity index (χ4v) is 5.75. The first-order valence-corrected chi connectivity index (χ1v) is 8.12. The summed E-state index contributed by atoms with van der Waals surface area (Å²) >= 11 is 0. The number of nitrogens with two attached hydrogens (primary N) is 1. The number of rotatable bonds is 3. The Morgan fingerprint density at radius 3 is 2.60 bits per heavy atom. The van der Waals surface area contributed by atoms with Crippen molar-refractivity contribution < 1.29 is 4.52 Å². The lowest BCUT2D eigenvalue weighted by Crippen LogP contribution is -2.53. The standard InChI is InChI=1S/C16H25N3O/c1-3-12(17)13-18-14(20-19-13)16-7-10-4-11(8-16)6-15(2,5-10)9-16/h10-12H,3-9,17H2,1-2H3. The van der Waals surface area contributed by atoms with Gasteiger partial charge in [0.1, 0.15) is 0 Å². The van der Waals surface area contributed by atoms with Crippen molar-refractivity contribution in [3.63, 3.8) is 0 Å². The second kappa shape index (κ2) is 4.06. The molecule has 0 aromatic carbocycles. The van der Waals surface area contributed by atoms with E-state index in [1.54, 1.807) is 0 Å². The lowest BCUT2D eigenvalue weighted by Gasteiger charge is -2.59. The highest BCUT2D eigenvalue weighted by Crippen LogP contribution is 2.65. The van der Waals surface area contributed by atoms with E-state index in [9.17, 15) is 0 Å². The van der Waals surface area contributed by atoms with Crippen molar-refractivity contribution in [1.29, 1.82) is 0 Å². The summed E-state index contributed by atoms with van der Waals surface area (Å²) in [4.78, 5) is 4.70. The third-order valence-corrected chi connectivity index (χ3v) is 6.02. The maximum Gasteiger partial charge on any atom is 0.232 e. The molecule has 0 saturated heterocycles.